The molecular formula is C15H15NO6S. The Kier molecular flexibility index (Phi) is 5.67. The molecule has 2 aromatic rings. The van der Waals surface area contributed by atoms with Crippen molar-refractivity contribution in [3.05, 3.63) is 52.1 Å². The minimum Gasteiger partial charge on any atom is -0.502 e. The van der Waals surface area contributed by atoms with E-state index in [0.29, 0.717) is 5.69 Å². The first-order chi connectivity index (χ1) is 11.0. The number of aliphatic carboxylic acids is 1. The first-order valence-corrected chi connectivity index (χ1v) is 7.62. The number of aliphatic hydroxyl groups is 1. The zero-order chi connectivity index (χ0) is 16.8. The van der Waals surface area contributed by atoms with Gasteiger partial charge in [-0.3, -0.25) is 9.59 Å². The van der Waals surface area contributed by atoms with E-state index in [9.17, 15) is 14.7 Å². The molecule has 0 bridgehead atoms. The van der Waals surface area contributed by atoms with Gasteiger partial charge in [0.05, 0.1) is 12.3 Å². The number of carboxylic acid groups (broad SMARTS) is 1. The first-order valence-electron chi connectivity index (χ1n) is 6.64. The van der Waals surface area contributed by atoms with Gasteiger partial charge in [0.2, 0.25) is 11.2 Å². The lowest BCUT2D eigenvalue weighted by Gasteiger charge is -2.09. The van der Waals surface area contributed by atoms with Crippen LogP contribution in [0.3, 0.4) is 0 Å². The topological polar surface area (TPSA) is 120 Å². The largest absolute Gasteiger partial charge is 0.502 e. The number of hydrogen-bond donors (Lipinski definition) is 4. The monoisotopic (exact) mass is 337 g/mol. The molecule has 0 aliphatic rings. The van der Waals surface area contributed by atoms with Crippen LogP contribution in [0.2, 0.25) is 0 Å². The predicted octanol–water partition coefficient (Wildman–Crippen LogP) is 1.63. The second kappa shape index (κ2) is 7.70. The van der Waals surface area contributed by atoms with Gasteiger partial charge in [-0.05, 0) is 24.3 Å². The molecule has 4 N–H and O–H groups in total. The van der Waals surface area contributed by atoms with Gasteiger partial charge in [0.15, 0.2) is 5.76 Å². The van der Waals surface area contributed by atoms with Crippen LogP contribution in [-0.2, 0) is 17.9 Å². The number of nitrogens with one attached hydrogen (secondary N) is 1. The van der Waals surface area contributed by atoms with Crippen LogP contribution in [0.4, 0.5) is 5.69 Å². The van der Waals surface area contributed by atoms with Gasteiger partial charge in [0, 0.05) is 16.6 Å². The van der Waals surface area contributed by atoms with Crippen molar-refractivity contribution >= 4 is 23.4 Å². The Morgan fingerprint density at radius 2 is 1.96 bits per heavy atom. The summed E-state index contributed by atoms with van der Waals surface area (Å²) in [5, 5.41) is 30.3. The Labute approximate surface area is 135 Å². The van der Waals surface area contributed by atoms with Crippen molar-refractivity contribution in [1.82, 2.24) is 0 Å². The highest BCUT2D eigenvalue weighted by molar-refractivity contribution is 8.00. The smallest absolute Gasteiger partial charge is 0.313 e. The lowest BCUT2D eigenvalue weighted by Crippen LogP contribution is -2.08. The molecule has 0 fully saturated rings. The molecule has 0 saturated heterocycles. The fourth-order valence-corrected chi connectivity index (χ4v) is 2.40. The second-order valence-corrected chi connectivity index (χ2v) is 5.62. The van der Waals surface area contributed by atoms with E-state index in [2.05, 4.69) is 5.32 Å². The molecule has 0 saturated carbocycles. The molecule has 122 valence electrons. The number of benzene rings is 1. The highest BCUT2D eigenvalue weighted by Crippen LogP contribution is 2.21. The molecule has 0 amide bonds. The van der Waals surface area contributed by atoms with Gasteiger partial charge in [-0.1, -0.05) is 0 Å². The van der Waals surface area contributed by atoms with E-state index in [4.69, 9.17) is 14.6 Å². The van der Waals surface area contributed by atoms with Crippen molar-refractivity contribution < 1.29 is 24.5 Å². The van der Waals surface area contributed by atoms with Gasteiger partial charge in [-0.25, -0.2) is 0 Å². The highest BCUT2D eigenvalue weighted by Gasteiger charge is 2.10. The van der Waals surface area contributed by atoms with Gasteiger partial charge in [-0.15, -0.1) is 11.8 Å². The number of aromatic hydroxyl groups is 1. The van der Waals surface area contributed by atoms with Gasteiger partial charge in [-0.2, -0.15) is 0 Å². The van der Waals surface area contributed by atoms with E-state index < -0.39 is 23.8 Å². The minimum absolute atomic E-state index is 0.0141. The number of rotatable bonds is 7. The maximum Gasteiger partial charge on any atom is 0.313 e. The fraction of sp³-hybridized carbons (Fsp3) is 0.200. The molecule has 0 radical (unpaired) electrons. The Bertz CT molecular complexity index is 741. The van der Waals surface area contributed by atoms with E-state index >= 15 is 0 Å². The Morgan fingerprint density at radius 3 is 2.57 bits per heavy atom. The average Bonchev–Trinajstić information content (AvgIpc) is 2.55. The van der Waals surface area contributed by atoms with Gasteiger partial charge >= 0.3 is 5.97 Å². The third-order valence-corrected chi connectivity index (χ3v) is 3.87. The Hall–Kier alpha value is -2.45. The summed E-state index contributed by atoms with van der Waals surface area (Å²) in [5.41, 5.74) is 0.0960. The van der Waals surface area contributed by atoms with Crippen molar-refractivity contribution in [3.8, 4) is 5.75 Å². The summed E-state index contributed by atoms with van der Waals surface area (Å²) < 4.78 is 5.22. The molecule has 23 heavy (non-hydrogen) atoms. The van der Waals surface area contributed by atoms with Crippen LogP contribution in [0.5, 0.6) is 5.75 Å². The first kappa shape index (κ1) is 16.9. The van der Waals surface area contributed by atoms with Crippen LogP contribution < -0.4 is 10.7 Å². The molecular weight excluding hydrogens is 322 g/mol. The van der Waals surface area contributed by atoms with Crippen LogP contribution in [0.1, 0.15) is 11.5 Å². The molecule has 0 aliphatic heterocycles. The molecule has 2 rings (SSSR count). The average molecular weight is 337 g/mol. The fourth-order valence-electron chi connectivity index (χ4n) is 1.78. The molecule has 0 aliphatic carbocycles. The van der Waals surface area contributed by atoms with Crippen LogP contribution in [0, 0.1) is 0 Å². The van der Waals surface area contributed by atoms with Crippen molar-refractivity contribution in [1.29, 1.82) is 0 Å². The van der Waals surface area contributed by atoms with E-state index in [1.807, 2.05) is 0 Å². The van der Waals surface area contributed by atoms with E-state index in [1.165, 1.54) is 11.8 Å². The Balaban J connectivity index is 2.02. The third-order valence-electron chi connectivity index (χ3n) is 2.87. The maximum absolute atomic E-state index is 11.5. The van der Waals surface area contributed by atoms with E-state index in [1.54, 1.807) is 24.3 Å². The summed E-state index contributed by atoms with van der Waals surface area (Å²) in [7, 11) is 0. The van der Waals surface area contributed by atoms with Gasteiger partial charge in [0.25, 0.3) is 0 Å². The highest BCUT2D eigenvalue weighted by atomic mass is 32.2. The molecule has 8 heteroatoms. The lowest BCUT2D eigenvalue weighted by molar-refractivity contribution is -0.133. The molecule has 1 aromatic carbocycles. The number of thioether (sulfide) groups is 1. The lowest BCUT2D eigenvalue weighted by atomic mass is 10.3. The second-order valence-electron chi connectivity index (χ2n) is 4.57. The quantitative estimate of drug-likeness (QED) is 0.563. The number of anilines is 1. The van der Waals surface area contributed by atoms with Crippen LogP contribution in [-0.4, -0.2) is 27.0 Å². The third kappa shape index (κ3) is 4.76. The van der Waals surface area contributed by atoms with Crippen molar-refractivity contribution in [2.45, 2.75) is 18.0 Å². The summed E-state index contributed by atoms with van der Waals surface area (Å²) in [6.45, 7) is -0.367. The number of carboxylic acids is 1. The SMILES string of the molecule is O=C(O)CSc1ccc(NCc2oc(CO)cc(=O)c2O)cc1. The van der Waals surface area contributed by atoms with Crippen LogP contribution >= 0.6 is 11.8 Å². The van der Waals surface area contributed by atoms with Crippen LogP contribution in [0.25, 0.3) is 0 Å². The maximum atomic E-state index is 11.5. The number of carbonyl (C=O) groups is 1. The van der Waals surface area contributed by atoms with Crippen molar-refractivity contribution in [2.24, 2.45) is 0 Å². The standard InChI is InChI=1S/C15H15NO6S/c17-7-10-5-12(18)15(21)13(22-10)6-16-9-1-3-11(4-2-9)23-8-14(19)20/h1-5,16-17,21H,6-8H2,(H,19,20). The molecule has 1 aromatic heterocycles. The predicted molar refractivity (Wildman–Crippen MR) is 84.7 cm³/mol. The van der Waals surface area contributed by atoms with Gasteiger partial charge < -0.3 is 25.1 Å². The molecule has 7 nitrogen and oxygen atoms in total. The summed E-state index contributed by atoms with van der Waals surface area (Å²) in [6, 6.07) is 8.05. The summed E-state index contributed by atoms with van der Waals surface area (Å²) in [4.78, 5) is 22.8. The number of hydrogen-bond acceptors (Lipinski definition) is 7. The van der Waals surface area contributed by atoms with Crippen molar-refractivity contribution in [3.63, 3.8) is 0 Å². The van der Waals surface area contributed by atoms with E-state index in [0.717, 1.165) is 11.0 Å². The van der Waals surface area contributed by atoms with Gasteiger partial charge in [0.1, 0.15) is 12.4 Å². The zero-order valence-corrected chi connectivity index (χ0v) is 12.8. The van der Waals surface area contributed by atoms with Crippen molar-refractivity contribution in [2.75, 3.05) is 11.1 Å². The molecule has 1 heterocycles. The summed E-state index contributed by atoms with van der Waals surface area (Å²) in [6.07, 6.45) is 0. The van der Waals surface area contributed by atoms with Crippen LogP contribution in [0.15, 0.2) is 44.4 Å². The minimum atomic E-state index is -0.883. The molecule has 0 spiro atoms. The number of aliphatic hydroxyl groups excluding tert-OH is 1. The normalized spacial score (nSPS) is 10.5. The molecule has 0 atom stereocenters. The Morgan fingerprint density at radius 1 is 1.26 bits per heavy atom. The zero-order valence-electron chi connectivity index (χ0n) is 12.0. The summed E-state index contributed by atoms with van der Waals surface area (Å²) in [5.74, 6) is -1.29. The molecule has 0 unspecified atom stereocenters. The summed E-state index contributed by atoms with van der Waals surface area (Å²) >= 11 is 1.21. The van der Waals surface area contributed by atoms with E-state index in [-0.39, 0.29) is 23.8 Å².